The lowest BCUT2D eigenvalue weighted by Crippen LogP contribution is -2.26. The van der Waals surface area contributed by atoms with Crippen molar-refractivity contribution in [2.24, 2.45) is 0 Å². The summed E-state index contributed by atoms with van der Waals surface area (Å²) in [6.07, 6.45) is 3.54. The molecule has 20 heavy (non-hydrogen) atoms. The monoisotopic (exact) mass is 271 g/mol. The molecule has 0 saturated carbocycles. The summed E-state index contributed by atoms with van der Waals surface area (Å²) in [7, 11) is 6.51. The Bertz CT molecular complexity index is 598. The number of aromatic amines is 1. The number of aryl methyl sites for hydroxylation is 1. The summed E-state index contributed by atoms with van der Waals surface area (Å²) in [6.45, 7) is 3.40. The normalized spacial score (nSPS) is 16.0. The Labute approximate surface area is 121 Å². The van der Waals surface area contributed by atoms with Crippen LogP contribution in [-0.2, 0) is 19.4 Å². The largest absolute Gasteiger partial charge is 0.358 e. The molecule has 0 aliphatic carbocycles. The second-order valence-electron chi connectivity index (χ2n) is 6.32. The molecule has 0 radical (unpaired) electrons. The summed E-state index contributed by atoms with van der Waals surface area (Å²) in [4.78, 5) is 8.33. The van der Waals surface area contributed by atoms with Crippen LogP contribution in [0.25, 0.3) is 10.9 Å². The van der Waals surface area contributed by atoms with Crippen LogP contribution < -0.4 is 0 Å². The molecule has 0 atom stereocenters. The molecule has 3 heteroatoms. The van der Waals surface area contributed by atoms with Crippen LogP contribution in [0.15, 0.2) is 18.2 Å². The maximum atomic E-state index is 3.64. The number of benzene rings is 1. The number of hydrogen-bond acceptors (Lipinski definition) is 2. The van der Waals surface area contributed by atoms with Crippen LogP contribution in [0, 0.1) is 0 Å². The lowest BCUT2D eigenvalue weighted by atomic mass is 9.98. The second-order valence-corrected chi connectivity index (χ2v) is 6.32. The summed E-state index contributed by atoms with van der Waals surface area (Å²) in [5.74, 6) is 0. The van der Waals surface area contributed by atoms with Gasteiger partial charge in [0.05, 0.1) is 0 Å². The van der Waals surface area contributed by atoms with Crippen molar-refractivity contribution in [3.8, 4) is 0 Å². The maximum Gasteiger partial charge on any atom is 0.0462 e. The second kappa shape index (κ2) is 5.58. The minimum atomic E-state index is 1.08. The number of hydrogen-bond donors (Lipinski definition) is 1. The molecule has 3 rings (SSSR count). The molecule has 1 aliphatic heterocycles. The zero-order chi connectivity index (χ0) is 14.1. The van der Waals surface area contributed by atoms with Crippen molar-refractivity contribution in [1.82, 2.24) is 14.8 Å². The van der Waals surface area contributed by atoms with E-state index < -0.39 is 0 Å². The molecule has 0 amide bonds. The summed E-state index contributed by atoms with van der Waals surface area (Å²) in [5, 5.41) is 1.49. The number of fused-ring (bicyclic) bond motifs is 3. The molecule has 0 fully saturated rings. The quantitative estimate of drug-likeness (QED) is 0.923. The highest BCUT2D eigenvalue weighted by Gasteiger charge is 2.19. The van der Waals surface area contributed by atoms with Gasteiger partial charge in [0.15, 0.2) is 0 Å². The van der Waals surface area contributed by atoms with Gasteiger partial charge in [-0.2, -0.15) is 0 Å². The Kier molecular flexibility index (Phi) is 3.81. The first kappa shape index (κ1) is 13.7. The van der Waals surface area contributed by atoms with Crippen molar-refractivity contribution >= 4 is 10.9 Å². The van der Waals surface area contributed by atoms with Crippen LogP contribution >= 0.6 is 0 Å². The van der Waals surface area contributed by atoms with Crippen LogP contribution in [0.1, 0.15) is 23.2 Å². The SMILES string of the molecule is CN(C)CCCc1cccc2[nH]c3c(c12)CN(C)CC3. The van der Waals surface area contributed by atoms with Crippen LogP contribution in [-0.4, -0.2) is 49.0 Å². The Hall–Kier alpha value is -1.32. The van der Waals surface area contributed by atoms with Gasteiger partial charge in [-0.25, -0.2) is 0 Å². The summed E-state index contributed by atoms with van der Waals surface area (Å²) < 4.78 is 0. The Morgan fingerprint density at radius 1 is 1.30 bits per heavy atom. The Morgan fingerprint density at radius 2 is 2.15 bits per heavy atom. The van der Waals surface area contributed by atoms with Gasteiger partial charge in [0, 0.05) is 36.1 Å². The van der Waals surface area contributed by atoms with Gasteiger partial charge < -0.3 is 14.8 Å². The fourth-order valence-corrected chi connectivity index (χ4v) is 3.28. The van der Waals surface area contributed by atoms with Gasteiger partial charge in [0.1, 0.15) is 0 Å². The van der Waals surface area contributed by atoms with Gasteiger partial charge in [-0.1, -0.05) is 12.1 Å². The molecule has 1 aromatic carbocycles. The predicted octanol–water partition coefficient (Wildman–Crippen LogP) is 2.65. The van der Waals surface area contributed by atoms with Gasteiger partial charge in [-0.05, 0) is 57.7 Å². The third-order valence-electron chi connectivity index (χ3n) is 4.33. The molecular weight excluding hydrogens is 246 g/mol. The number of nitrogens with zero attached hydrogens (tertiary/aromatic N) is 2. The number of likely N-dealkylation sites (N-methyl/N-ethyl adjacent to an activating group) is 1. The summed E-state index contributed by atoms with van der Waals surface area (Å²) in [5.41, 5.74) is 5.83. The zero-order valence-electron chi connectivity index (χ0n) is 12.9. The minimum Gasteiger partial charge on any atom is -0.358 e. The molecule has 2 aromatic rings. The highest BCUT2D eigenvalue weighted by molar-refractivity contribution is 5.88. The van der Waals surface area contributed by atoms with E-state index in [2.05, 4.69) is 54.1 Å². The van der Waals surface area contributed by atoms with Gasteiger partial charge >= 0.3 is 0 Å². The van der Waals surface area contributed by atoms with E-state index in [1.54, 1.807) is 0 Å². The van der Waals surface area contributed by atoms with E-state index in [9.17, 15) is 0 Å². The van der Waals surface area contributed by atoms with Crippen molar-refractivity contribution in [2.45, 2.75) is 25.8 Å². The first-order valence-corrected chi connectivity index (χ1v) is 7.60. The number of aromatic nitrogens is 1. The molecule has 3 nitrogen and oxygen atoms in total. The minimum absolute atomic E-state index is 1.08. The van der Waals surface area contributed by atoms with Crippen molar-refractivity contribution in [3.05, 3.63) is 35.0 Å². The zero-order valence-corrected chi connectivity index (χ0v) is 12.9. The summed E-state index contributed by atoms with van der Waals surface area (Å²) >= 11 is 0. The van der Waals surface area contributed by atoms with E-state index in [1.165, 1.54) is 40.6 Å². The number of rotatable bonds is 4. The molecular formula is C17H25N3. The highest BCUT2D eigenvalue weighted by Crippen LogP contribution is 2.30. The van der Waals surface area contributed by atoms with Gasteiger partial charge in [0.25, 0.3) is 0 Å². The average Bonchev–Trinajstić information content (AvgIpc) is 2.77. The Morgan fingerprint density at radius 3 is 2.95 bits per heavy atom. The third-order valence-corrected chi connectivity index (χ3v) is 4.33. The molecule has 2 heterocycles. The predicted molar refractivity (Wildman–Crippen MR) is 85.2 cm³/mol. The van der Waals surface area contributed by atoms with Crippen molar-refractivity contribution in [3.63, 3.8) is 0 Å². The Balaban J connectivity index is 1.94. The standard InChI is InChI=1S/C17H25N3/c1-19(2)10-5-7-13-6-4-8-16-17(13)14-12-20(3)11-9-15(14)18-16/h4,6,8,18H,5,7,9-12H2,1-3H3. The number of nitrogens with one attached hydrogen (secondary N) is 1. The van der Waals surface area contributed by atoms with Gasteiger partial charge in [0.2, 0.25) is 0 Å². The average molecular weight is 271 g/mol. The van der Waals surface area contributed by atoms with Crippen molar-refractivity contribution in [1.29, 1.82) is 0 Å². The van der Waals surface area contributed by atoms with Gasteiger partial charge in [-0.15, -0.1) is 0 Å². The van der Waals surface area contributed by atoms with Crippen LogP contribution in [0.4, 0.5) is 0 Å². The van der Waals surface area contributed by atoms with Crippen LogP contribution in [0.2, 0.25) is 0 Å². The lowest BCUT2D eigenvalue weighted by molar-refractivity contribution is 0.313. The summed E-state index contributed by atoms with van der Waals surface area (Å²) in [6, 6.07) is 6.73. The van der Waals surface area contributed by atoms with E-state index in [0.29, 0.717) is 0 Å². The molecule has 1 aromatic heterocycles. The molecule has 1 aliphatic rings. The molecule has 0 unspecified atom stereocenters. The van der Waals surface area contributed by atoms with E-state index >= 15 is 0 Å². The first-order chi connectivity index (χ1) is 9.65. The molecule has 108 valence electrons. The fourth-order valence-electron chi connectivity index (χ4n) is 3.28. The van der Waals surface area contributed by atoms with E-state index in [1.807, 2.05) is 0 Å². The van der Waals surface area contributed by atoms with E-state index in [-0.39, 0.29) is 0 Å². The lowest BCUT2D eigenvalue weighted by Gasteiger charge is -2.22. The molecule has 1 N–H and O–H groups in total. The van der Waals surface area contributed by atoms with Gasteiger partial charge in [-0.3, -0.25) is 0 Å². The van der Waals surface area contributed by atoms with E-state index in [0.717, 1.165) is 26.1 Å². The molecule has 0 saturated heterocycles. The van der Waals surface area contributed by atoms with Crippen LogP contribution in [0.5, 0.6) is 0 Å². The maximum absolute atomic E-state index is 3.64. The fraction of sp³-hybridized carbons (Fsp3) is 0.529. The van der Waals surface area contributed by atoms with Crippen molar-refractivity contribution < 1.29 is 0 Å². The van der Waals surface area contributed by atoms with E-state index in [4.69, 9.17) is 0 Å². The first-order valence-electron chi connectivity index (χ1n) is 7.60. The topological polar surface area (TPSA) is 22.3 Å². The van der Waals surface area contributed by atoms with Crippen LogP contribution in [0.3, 0.4) is 0 Å². The smallest absolute Gasteiger partial charge is 0.0462 e. The third kappa shape index (κ3) is 2.60. The highest BCUT2D eigenvalue weighted by atomic mass is 15.1. The van der Waals surface area contributed by atoms with Crippen molar-refractivity contribution in [2.75, 3.05) is 34.2 Å². The molecule has 0 spiro atoms. The number of H-pyrrole nitrogens is 1. The molecule has 0 bridgehead atoms.